The van der Waals surface area contributed by atoms with E-state index in [4.69, 9.17) is 9.47 Å². The van der Waals surface area contributed by atoms with Crippen LogP contribution < -0.4 is 11.2 Å². The molecule has 6 heteroatoms. The van der Waals surface area contributed by atoms with Gasteiger partial charge >= 0.3 is 5.69 Å². The Morgan fingerprint density at radius 2 is 2.14 bits per heavy atom. The number of hydrogen-bond acceptors (Lipinski definition) is 4. The molecule has 1 fully saturated rings. The van der Waals surface area contributed by atoms with Gasteiger partial charge in [0.1, 0.15) is 12.3 Å². The van der Waals surface area contributed by atoms with Crippen molar-refractivity contribution in [2.75, 3.05) is 0 Å². The Morgan fingerprint density at radius 1 is 1.48 bits per heavy atom. The van der Waals surface area contributed by atoms with Crippen LogP contribution in [0.1, 0.15) is 39.0 Å². The molecule has 21 heavy (non-hydrogen) atoms. The van der Waals surface area contributed by atoms with E-state index in [0.717, 1.165) is 0 Å². The molecule has 0 aromatic carbocycles. The Morgan fingerprint density at radius 3 is 2.71 bits per heavy atom. The van der Waals surface area contributed by atoms with E-state index in [-0.39, 0.29) is 23.4 Å². The Balaban J connectivity index is 2.27. The molecule has 1 aliphatic heterocycles. The molecular weight excluding hydrogens is 272 g/mol. The molecule has 1 aromatic rings. The van der Waals surface area contributed by atoms with Crippen molar-refractivity contribution < 1.29 is 9.47 Å². The molecule has 0 unspecified atom stereocenters. The van der Waals surface area contributed by atoms with Crippen LogP contribution in [0.15, 0.2) is 28.4 Å². The van der Waals surface area contributed by atoms with Crippen molar-refractivity contribution in [1.82, 2.24) is 9.55 Å². The molecule has 3 atom stereocenters. The highest BCUT2D eigenvalue weighted by Gasteiger charge is 2.37. The first-order valence-electron chi connectivity index (χ1n) is 6.99. The molecule has 0 amide bonds. The first kappa shape index (κ1) is 15.7. The van der Waals surface area contributed by atoms with Crippen LogP contribution in [0.3, 0.4) is 0 Å². The van der Waals surface area contributed by atoms with E-state index < -0.39 is 11.9 Å². The zero-order valence-corrected chi connectivity index (χ0v) is 12.9. The van der Waals surface area contributed by atoms with E-state index in [0.29, 0.717) is 12.0 Å². The number of ether oxygens (including phenoxy) is 2. The van der Waals surface area contributed by atoms with Gasteiger partial charge in [-0.05, 0) is 27.7 Å². The number of hydrogen-bond donors (Lipinski definition) is 1. The van der Waals surface area contributed by atoms with Crippen LogP contribution in [0.5, 0.6) is 0 Å². The van der Waals surface area contributed by atoms with Gasteiger partial charge in [0, 0.05) is 18.2 Å². The number of aromatic amines is 1. The quantitative estimate of drug-likeness (QED) is 0.857. The lowest BCUT2D eigenvalue weighted by Gasteiger charge is -2.26. The van der Waals surface area contributed by atoms with Gasteiger partial charge in [-0.15, -0.1) is 6.58 Å². The summed E-state index contributed by atoms with van der Waals surface area (Å²) in [6.45, 7) is 11.3. The number of aromatic nitrogens is 2. The van der Waals surface area contributed by atoms with Gasteiger partial charge in [-0.2, -0.15) is 0 Å². The monoisotopic (exact) mass is 294 g/mol. The first-order valence-corrected chi connectivity index (χ1v) is 6.99. The van der Waals surface area contributed by atoms with Crippen molar-refractivity contribution in [3.8, 4) is 0 Å². The minimum absolute atomic E-state index is 0.174. The molecule has 0 aliphatic carbocycles. The van der Waals surface area contributed by atoms with Crippen molar-refractivity contribution in [3.63, 3.8) is 0 Å². The van der Waals surface area contributed by atoms with Crippen molar-refractivity contribution in [3.05, 3.63) is 45.3 Å². The summed E-state index contributed by atoms with van der Waals surface area (Å²) in [5.74, 6) is 0. The first-order chi connectivity index (χ1) is 9.71. The molecule has 116 valence electrons. The van der Waals surface area contributed by atoms with Crippen LogP contribution in [-0.4, -0.2) is 27.4 Å². The van der Waals surface area contributed by atoms with Crippen LogP contribution in [0.25, 0.3) is 0 Å². The Hall–Kier alpha value is -1.66. The van der Waals surface area contributed by atoms with Crippen LogP contribution in [-0.2, 0) is 9.47 Å². The summed E-state index contributed by atoms with van der Waals surface area (Å²) in [5, 5.41) is 0. The minimum atomic E-state index is -0.477. The molecule has 2 rings (SSSR count). The van der Waals surface area contributed by atoms with Gasteiger partial charge in [0.25, 0.3) is 5.56 Å². The van der Waals surface area contributed by atoms with Gasteiger partial charge in [-0.3, -0.25) is 14.3 Å². The van der Waals surface area contributed by atoms with Gasteiger partial charge in [-0.25, -0.2) is 4.79 Å². The second-order valence-electron chi connectivity index (χ2n) is 6.27. The molecule has 1 aromatic heterocycles. The van der Waals surface area contributed by atoms with Crippen molar-refractivity contribution in [2.45, 2.75) is 58.2 Å². The Kier molecular flexibility index (Phi) is 4.20. The van der Waals surface area contributed by atoms with Gasteiger partial charge < -0.3 is 9.47 Å². The molecule has 0 spiro atoms. The summed E-state index contributed by atoms with van der Waals surface area (Å²) < 4.78 is 13.2. The summed E-state index contributed by atoms with van der Waals surface area (Å²) in [5.41, 5.74) is -0.698. The normalized spacial score (nSPS) is 26.0. The maximum absolute atomic E-state index is 11.9. The fourth-order valence-electron chi connectivity index (χ4n) is 2.41. The molecular formula is C15H22N2O4. The molecule has 0 saturated carbocycles. The van der Waals surface area contributed by atoms with E-state index in [9.17, 15) is 9.59 Å². The zero-order chi connectivity index (χ0) is 15.8. The highest BCUT2D eigenvalue weighted by atomic mass is 16.6. The third kappa shape index (κ3) is 3.51. The summed E-state index contributed by atoms with van der Waals surface area (Å²) in [7, 11) is 0. The summed E-state index contributed by atoms with van der Waals surface area (Å²) in [4.78, 5) is 25.6. The van der Waals surface area contributed by atoms with E-state index in [2.05, 4.69) is 11.6 Å². The smallest absolute Gasteiger partial charge is 0.330 e. The fourth-order valence-corrected chi connectivity index (χ4v) is 2.41. The molecule has 1 N–H and O–H groups in total. The standard InChI is InChI=1S/C15H22N2O4/c1-6-10-11(21-15(3,4)5)7-12(20-10)17-8-9(2)13(18)16-14(17)19/h6,8,10-12H,1,7H2,2-5H3,(H,16,18,19)/t10-,11+,12-/m1/s1. The lowest BCUT2D eigenvalue weighted by atomic mass is 10.1. The number of rotatable bonds is 3. The van der Waals surface area contributed by atoms with E-state index in [1.807, 2.05) is 20.8 Å². The highest BCUT2D eigenvalue weighted by Crippen LogP contribution is 2.32. The maximum atomic E-state index is 11.9. The lowest BCUT2D eigenvalue weighted by molar-refractivity contribution is -0.0797. The lowest BCUT2D eigenvalue weighted by Crippen LogP contribution is -2.33. The number of nitrogens with zero attached hydrogens (tertiary/aromatic N) is 1. The second kappa shape index (κ2) is 5.61. The Bertz CT molecular complexity index is 638. The second-order valence-corrected chi connectivity index (χ2v) is 6.27. The number of H-pyrrole nitrogens is 1. The fraction of sp³-hybridized carbons (Fsp3) is 0.600. The van der Waals surface area contributed by atoms with Crippen molar-refractivity contribution in [2.24, 2.45) is 0 Å². The molecule has 6 nitrogen and oxygen atoms in total. The molecule has 1 aliphatic rings. The van der Waals surface area contributed by atoms with E-state index >= 15 is 0 Å². The molecule has 0 bridgehead atoms. The third-order valence-corrected chi connectivity index (χ3v) is 3.31. The average molecular weight is 294 g/mol. The van der Waals surface area contributed by atoms with Crippen LogP contribution in [0.2, 0.25) is 0 Å². The number of nitrogens with one attached hydrogen (secondary N) is 1. The highest BCUT2D eigenvalue weighted by molar-refractivity contribution is 5.03. The number of aryl methyl sites for hydroxylation is 1. The Labute approximate surface area is 123 Å². The SMILES string of the molecule is C=C[C@H]1O[C@@H](n2cc(C)c(=O)[nH]c2=O)C[C@@H]1OC(C)(C)C. The van der Waals surface area contributed by atoms with Gasteiger partial charge in [0.05, 0.1) is 11.7 Å². The van der Waals surface area contributed by atoms with Crippen LogP contribution in [0, 0.1) is 6.92 Å². The molecule has 2 heterocycles. The topological polar surface area (TPSA) is 73.3 Å². The predicted molar refractivity (Wildman–Crippen MR) is 79.4 cm³/mol. The predicted octanol–water partition coefficient (Wildman–Crippen LogP) is 1.50. The summed E-state index contributed by atoms with van der Waals surface area (Å²) >= 11 is 0. The summed E-state index contributed by atoms with van der Waals surface area (Å²) in [6.07, 6.45) is 2.80. The minimum Gasteiger partial charge on any atom is -0.369 e. The molecule has 1 saturated heterocycles. The largest absolute Gasteiger partial charge is 0.369 e. The van der Waals surface area contributed by atoms with Gasteiger partial charge in [-0.1, -0.05) is 6.08 Å². The van der Waals surface area contributed by atoms with Gasteiger partial charge in [0.15, 0.2) is 0 Å². The zero-order valence-electron chi connectivity index (χ0n) is 12.9. The van der Waals surface area contributed by atoms with Crippen molar-refractivity contribution in [1.29, 1.82) is 0 Å². The van der Waals surface area contributed by atoms with Gasteiger partial charge in [0.2, 0.25) is 0 Å². The third-order valence-electron chi connectivity index (χ3n) is 3.31. The van der Waals surface area contributed by atoms with Crippen LogP contribution >= 0.6 is 0 Å². The van der Waals surface area contributed by atoms with Crippen LogP contribution in [0.4, 0.5) is 0 Å². The average Bonchev–Trinajstić information content (AvgIpc) is 2.74. The van der Waals surface area contributed by atoms with E-state index in [1.165, 1.54) is 10.8 Å². The van der Waals surface area contributed by atoms with E-state index in [1.54, 1.807) is 13.0 Å². The van der Waals surface area contributed by atoms with Crippen molar-refractivity contribution >= 4 is 0 Å². The maximum Gasteiger partial charge on any atom is 0.330 e. The molecule has 0 radical (unpaired) electrons. The summed E-state index contributed by atoms with van der Waals surface area (Å²) in [6, 6.07) is 0.